The van der Waals surface area contributed by atoms with E-state index in [9.17, 15) is 4.79 Å². The lowest BCUT2D eigenvalue weighted by Gasteiger charge is -2.33. The fourth-order valence-electron chi connectivity index (χ4n) is 4.14. The first-order valence-electron chi connectivity index (χ1n) is 9.81. The lowest BCUT2D eigenvalue weighted by Crippen LogP contribution is -3.14. The van der Waals surface area contributed by atoms with Crippen molar-refractivity contribution >= 4 is 11.6 Å². The number of carbonyl (C=O) groups is 1. The van der Waals surface area contributed by atoms with Crippen LogP contribution in [0.1, 0.15) is 31.4 Å². The van der Waals surface area contributed by atoms with Crippen LogP contribution in [-0.2, 0) is 4.79 Å². The first kappa shape index (κ1) is 17.9. The van der Waals surface area contributed by atoms with Gasteiger partial charge in [-0.05, 0) is 25.0 Å². The summed E-state index contributed by atoms with van der Waals surface area (Å²) in [6.45, 7) is 5.42. The van der Waals surface area contributed by atoms with Crippen molar-refractivity contribution in [3.63, 3.8) is 0 Å². The lowest BCUT2D eigenvalue weighted by atomic mass is 9.95. The van der Waals surface area contributed by atoms with E-state index in [1.807, 2.05) is 36.4 Å². The Hall–Kier alpha value is -2.53. The second-order valence-corrected chi connectivity index (χ2v) is 7.55. The maximum Gasteiger partial charge on any atom is 0.287 e. The van der Waals surface area contributed by atoms with E-state index in [1.54, 1.807) is 0 Å². The molecule has 5 nitrogen and oxygen atoms in total. The number of anilines is 1. The van der Waals surface area contributed by atoms with Crippen LogP contribution >= 0.6 is 0 Å². The average molecular weight is 367 g/mol. The van der Waals surface area contributed by atoms with Crippen LogP contribution < -0.4 is 19.7 Å². The summed E-state index contributed by atoms with van der Waals surface area (Å²) >= 11 is 0. The summed E-state index contributed by atoms with van der Waals surface area (Å²) in [7, 11) is 0. The maximum atomic E-state index is 13.3. The van der Waals surface area contributed by atoms with Crippen LogP contribution in [0, 0.1) is 5.92 Å². The van der Waals surface area contributed by atoms with E-state index < -0.39 is 0 Å². The molecular weight excluding hydrogens is 340 g/mol. The molecule has 1 amide bonds. The standard InChI is InChI=1S/C22H26N2O3/c1-16-6-5-11-24(15-16)21(17-7-3-2-4-8-17)22(25)23-18-9-10-19-20(14-18)27-13-12-26-19/h2-4,7-10,14,16,21H,5-6,11-13,15H2,1H3,(H,23,25)/p+1. The van der Waals surface area contributed by atoms with Gasteiger partial charge in [-0.15, -0.1) is 0 Å². The molecule has 2 aliphatic heterocycles. The van der Waals surface area contributed by atoms with E-state index in [-0.39, 0.29) is 11.9 Å². The summed E-state index contributed by atoms with van der Waals surface area (Å²) in [5.74, 6) is 2.09. The summed E-state index contributed by atoms with van der Waals surface area (Å²) in [6, 6.07) is 15.5. The molecule has 1 saturated heterocycles. The fourth-order valence-corrected chi connectivity index (χ4v) is 4.14. The number of rotatable bonds is 4. The van der Waals surface area contributed by atoms with Crippen molar-refractivity contribution in [2.24, 2.45) is 5.92 Å². The normalized spacial score (nSPS) is 22.7. The molecule has 0 saturated carbocycles. The van der Waals surface area contributed by atoms with Gasteiger partial charge in [0.25, 0.3) is 5.91 Å². The van der Waals surface area contributed by atoms with E-state index in [0.717, 1.165) is 36.5 Å². The van der Waals surface area contributed by atoms with E-state index in [0.29, 0.717) is 24.9 Å². The first-order valence-corrected chi connectivity index (χ1v) is 9.81. The van der Waals surface area contributed by atoms with Crippen LogP contribution in [0.2, 0.25) is 0 Å². The van der Waals surface area contributed by atoms with Gasteiger partial charge in [-0.25, -0.2) is 0 Å². The minimum atomic E-state index is -0.206. The summed E-state index contributed by atoms with van der Waals surface area (Å²) in [4.78, 5) is 14.6. The van der Waals surface area contributed by atoms with Crippen molar-refractivity contribution in [1.82, 2.24) is 0 Å². The molecule has 4 rings (SSSR count). The van der Waals surface area contributed by atoms with Gasteiger partial charge in [-0.2, -0.15) is 0 Å². The summed E-state index contributed by atoms with van der Waals surface area (Å²) < 4.78 is 11.2. The molecule has 5 heteroatoms. The van der Waals surface area contributed by atoms with E-state index in [4.69, 9.17) is 9.47 Å². The summed E-state index contributed by atoms with van der Waals surface area (Å²) in [5.41, 5.74) is 1.81. The Balaban J connectivity index is 1.57. The molecule has 0 bridgehead atoms. The number of quaternary nitrogens is 1. The first-order chi connectivity index (χ1) is 13.2. The number of hydrogen-bond acceptors (Lipinski definition) is 3. The van der Waals surface area contributed by atoms with Gasteiger partial charge in [0.15, 0.2) is 17.5 Å². The summed E-state index contributed by atoms with van der Waals surface area (Å²) in [6.07, 6.45) is 2.41. The largest absolute Gasteiger partial charge is 0.486 e. The molecule has 2 N–H and O–H groups in total. The highest BCUT2D eigenvalue weighted by Gasteiger charge is 2.34. The zero-order valence-corrected chi connectivity index (χ0v) is 15.7. The third-order valence-corrected chi connectivity index (χ3v) is 5.42. The SMILES string of the molecule is CC1CCC[NH+](C(C(=O)Nc2ccc3c(c2)OCCO3)c2ccccc2)C1. The molecule has 2 aromatic rings. The number of benzene rings is 2. The quantitative estimate of drug-likeness (QED) is 0.873. The molecule has 0 aliphatic carbocycles. The highest BCUT2D eigenvalue weighted by atomic mass is 16.6. The predicted octanol–water partition coefficient (Wildman–Crippen LogP) is 2.45. The minimum Gasteiger partial charge on any atom is -0.486 e. The van der Waals surface area contributed by atoms with Gasteiger partial charge < -0.3 is 19.7 Å². The Labute approximate surface area is 160 Å². The van der Waals surface area contributed by atoms with Crippen molar-refractivity contribution in [2.75, 3.05) is 31.6 Å². The topological polar surface area (TPSA) is 52.0 Å². The number of likely N-dealkylation sites (tertiary alicyclic amines) is 1. The Kier molecular flexibility index (Phi) is 5.30. The van der Waals surface area contributed by atoms with Crippen molar-refractivity contribution < 1.29 is 19.2 Å². The monoisotopic (exact) mass is 367 g/mol. The zero-order chi connectivity index (χ0) is 18.6. The molecule has 0 aromatic heterocycles. The van der Waals surface area contributed by atoms with Crippen LogP contribution in [0.4, 0.5) is 5.69 Å². The molecule has 2 aromatic carbocycles. The fraction of sp³-hybridized carbons (Fsp3) is 0.409. The number of nitrogens with one attached hydrogen (secondary N) is 2. The van der Waals surface area contributed by atoms with Gasteiger partial charge in [0, 0.05) is 23.2 Å². The van der Waals surface area contributed by atoms with E-state index in [1.165, 1.54) is 11.3 Å². The second-order valence-electron chi connectivity index (χ2n) is 7.55. The number of amides is 1. The lowest BCUT2D eigenvalue weighted by molar-refractivity contribution is -0.929. The molecule has 0 radical (unpaired) electrons. The minimum absolute atomic E-state index is 0.0296. The van der Waals surface area contributed by atoms with Gasteiger partial charge >= 0.3 is 0 Å². The molecule has 2 aliphatic rings. The average Bonchev–Trinajstić information content (AvgIpc) is 2.69. The Morgan fingerprint density at radius 3 is 2.67 bits per heavy atom. The van der Waals surface area contributed by atoms with Crippen LogP contribution in [0.25, 0.3) is 0 Å². The van der Waals surface area contributed by atoms with E-state index in [2.05, 4.69) is 24.4 Å². The molecular formula is C22H27N2O3+. The van der Waals surface area contributed by atoms with Gasteiger partial charge in [-0.1, -0.05) is 37.3 Å². The molecule has 142 valence electrons. The number of fused-ring (bicyclic) bond motifs is 1. The molecule has 3 atom stereocenters. The van der Waals surface area contributed by atoms with Crippen molar-refractivity contribution in [3.8, 4) is 11.5 Å². The zero-order valence-electron chi connectivity index (χ0n) is 15.7. The van der Waals surface area contributed by atoms with Crippen molar-refractivity contribution in [1.29, 1.82) is 0 Å². The molecule has 3 unspecified atom stereocenters. The maximum absolute atomic E-state index is 13.3. The molecule has 0 spiro atoms. The third-order valence-electron chi connectivity index (χ3n) is 5.42. The van der Waals surface area contributed by atoms with Crippen LogP contribution in [0.15, 0.2) is 48.5 Å². The van der Waals surface area contributed by atoms with Crippen molar-refractivity contribution in [2.45, 2.75) is 25.8 Å². The molecule has 1 fully saturated rings. The van der Waals surface area contributed by atoms with Crippen LogP contribution in [0.3, 0.4) is 0 Å². The van der Waals surface area contributed by atoms with E-state index >= 15 is 0 Å². The van der Waals surface area contributed by atoms with Gasteiger partial charge in [0.05, 0.1) is 13.1 Å². The number of carbonyl (C=O) groups excluding carboxylic acids is 1. The predicted molar refractivity (Wildman–Crippen MR) is 104 cm³/mol. The highest BCUT2D eigenvalue weighted by Crippen LogP contribution is 2.32. The summed E-state index contributed by atoms with van der Waals surface area (Å²) in [5, 5.41) is 3.11. The Bertz CT molecular complexity index is 793. The van der Waals surface area contributed by atoms with Crippen LogP contribution in [-0.4, -0.2) is 32.2 Å². The molecule has 27 heavy (non-hydrogen) atoms. The number of piperidine rings is 1. The van der Waals surface area contributed by atoms with Crippen LogP contribution in [0.5, 0.6) is 11.5 Å². The van der Waals surface area contributed by atoms with Gasteiger partial charge in [0.2, 0.25) is 0 Å². The van der Waals surface area contributed by atoms with Crippen molar-refractivity contribution in [3.05, 3.63) is 54.1 Å². The van der Waals surface area contributed by atoms with Gasteiger partial charge in [0.1, 0.15) is 13.2 Å². The number of ether oxygens (including phenoxy) is 2. The second kappa shape index (κ2) is 8.01. The number of hydrogen-bond donors (Lipinski definition) is 2. The van der Waals surface area contributed by atoms with Gasteiger partial charge in [-0.3, -0.25) is 4.79 Å². The third kappa shape index (κ3) is 4.08. The molecule has 2 heterocycles. The highest BCUT2D eigenvalue weighted by molar-refractivity contribution is 5.94. The Morgan fingerprint density at radius 1 is 1.11 bits per heavy atom. The smallest absolute Gasteiger partial charge is 0.287 e. The Morgan fingerprint density at radius 2 is 1.89 bits per heavy atom.